The molecule has 30 heavy (non-hydrogen) atoms. The Hall–Kier alpha value is -1.33. The molecular formula is C24H35B2O4. The Labute approximate surface area is 182 Å². The van der Waals surface area contributed by atoms with Crippen LogP contribution in [-0.4, -0.2) is 42.1 Å². The zero-order chi connectivity index (χ0) is 22.7. The third-order valence-electron chi connectivity index (χ3n) is 7.15. The van der Waals surface area contributed by atoms with E-state index in [0.717, 1.165) is 32.8 Å². The van der Waals surface area contributed by atoms with Crippen LogP contribution in [0.25, 0.3) is 10.8 Å². The molecule has 0 aliphatic carbocycles. The molecule has 0 bridgehead atoms. The van der Waals surface area contributed by atoms with E-state index in [4.69, 9.17) is 14.0 Å². The maximum atomic E-state index is 10.5. The summed E-state index contributed by atoms with van der Waals surface area (Å²) in [5.74, 6) is 0. The fraction of sp³-hybridized carbons (Fsp3) is 0.583. The molecule has 3 rings (SSSR count). The van der Waals surface area contributed by atoms with Gasteiger partial charge >= 0.3 is 14.6 Å². The van der Waals surface area contributed by atoms with Gasteiger partial charge in [0.05, 0.1) is 22.4 Å². The number of aliphatic hydroxyl groups is 1. The molecule has 0 saturated carbocycles. The number of hydrogen-bond acceptors (Lipinski definition) is 4. The van der Waals surface area contributed by atoms with Gasteiger partial charge in [0.15, 0.2) is 0 Å². The van der Waals surface area contributed by atoms with E-state index in [1.54, 1.807) is 21.3 Å². The normalized spacial score (nSPS) is 18.8. The molecule has 0 atom stereocenters. The quantitative estimate of drug-likeness (QED) is 0.768. The van der Waals surface area contributed by atoms with Crippen molar-refractivity contribution in [3.8, 4) is 0 Å². The topological polar surface area (TPSA) is 47.9 Å². The van der Waals surface area contributed by atoms with Crippen molar-refractivity contribution in [3.05, 3.63) is 35.4 Å². The Kier molecular flexibility index (Phi) is 5.73. The Balaban J connectivity index is 2.07. The van der Waals surface area contributed by atoms with Crippen LogP contribution in [0.2, 0.25) is 0 Å². The maximum Gasteiger partial charge on any atom is 0.495 e. The van der Waals surface area contributed by atoms with Crippen molar-refractivity contribution in [1.29, 1.82) is 0 Å². The molecular weight excluding hydrogens is 374 g/mol. The van der Waals surface area contributed by atoms with E-state index in [1.807, 2.05) is 13.8 Å². The Morgan fingerprint density at radius 1 is 0.867 bits per heavy atom. The van der Waals surface area contributed by atoms with Crippen LogP contribution >= 0.6 is 0 Å². The van der Waals surface area contributed by atoms with Crippen LogP contribution in [0.15, 0.2) is 24.3 Å². The van der Waals surface area contributed by atoms with Crippen molar-refractivity contribution >= 4 is 36.3 Å². The second-order valence-electron chi connectivity index (χ2n) is 10.6. The smallest absolute Gasteiger partial charge is 0.427 e. The lowest BCUT2D eigenvalue weighted by Crippen LogP contribution is -2.49. The lowest BCUT2D eigenvalue weighted by Gasteiger charge is -2.37. The minimum atomic E-state index is -0.980. The fourth-order valence-electron chi connectivity index (χ4n) is 3.45. The van der Waals surface area contributed by atoms with Crippen molar-refractivity contribution in [2.24, 2.45) is 0 Å². The van der Waals surface area contributed by atoms with Gasteiger partial charge in [-0.3, -0.25) is 0 Å². The minimum Gasteiger partial charge on any atom is -0.427 e. The highest BCUT2D eigenvalue weighted by Crippen LogP contribution is 2.37. The van der Waals surface area contributed by atoms with Crippen molar-refractivity contribution in [3.63, 3.8) is 0 Å². The Bertz CT molecular complexity index is 942. The summed E-state index contributed by atoms with van der Waals surface area (Å²) >= 11 is 0. The maximum absolute atomic E-state index is 10.5. The molecule has 1 fully saturated rings. The summed E-state index contributed by atoms with van der Waals surface area (Å²) in [6.07, 6.45) is 0. The van der Waals surface area contributed by atoms with Gasteiger partial charge in [-0.2, -0.15) is 0 Å². The van der Waals surface area contributed by atoms with Gasteiger partial charge in [0.25, 0.3) is 0 Å². The summed E-state index contributed by atoms with van der Waals surface area (Å²) < 4.78 is 18.8. The zero-order valence-corrected chi connectivity index (χ0v) is 20.1. The molecule has 6 heteroatoms. The van der Waals surface area contributed by atoms with Crippen molar-refractivity contribution in [2.75, 3.05) is 0 Å². The first-order valence-corrected chi connectivity index (χ1v) is 10.7. The summed E-state index contributed by atoms with van der Waals surface area (Å²) in [5, 5.41) is 12.6. The van der Waals surface area contributed by atoms with Crippen LogP contribution in [-0.2, 0) is 14.0 Å². The average Bonchev–Trinajstić information content (AvgIpc) is 2.80. The molecule has 0 aromatic heterocycles. The average molecular weight is 409 g/mol. The molecule has 1 N–H and O–H groups in total. The highest BCUT2D eigenvalue weighted by atomic mass is 16.7. The molecule has 0 spiro atoms. The largest absolute Gasteiger partial charge is 0.495 e. The van der Waals surface area contributed by atoms with Crippen LogP contribution in [0.5, 0.6) is 0 Å². The molecule has 1 heterocycles. The lowest BCUT2D eigenvalue weighted by atomic mass is 9.70. The molecule has 161 valence electrons. The van der Waals surface area contributed by atoms with Crippen LogP contribution in [0.3, 0.4) is 0 Å². The van der Waals surface area contributed by atoms with E-state index in [9.17, 15) is 5.11 Å². The Morgan fingerprint density at radius 2 is 1.37 bits per heavy atom. The van der Waals surface area contributed by atoms with Crippen LogP contribution < -0.4 is 10.9 Å². The summed E-state index contributed by atoms with van der Waals surface area (Å²) in [5.41, 5.74) is 1.79. The SMILES string of the molecule is Cc1ccc2c(B3OC(C)(C)C(C)(C)O3)c(C)ccc2c1[B]OC(C)(C)C(C)(C)O. The second-order valence-corrected chi connectivity index (χ2v) is 10.6. The van der Waals surface area contributed by atoms with Gasteiger partial charge in [-0.25, -0.2) is 0 Å². The molecule has 2 aromatic carbocycles. The van der Waals surface area contributed by atoms with Crippen LogP contribution in [0.4, 0.5) is 0 Å². The minimum absolute atomic E-state index is 0.397. The number of rotatable bonds is 5. The van der Waals surface area contributed by atoms with E-state index in [-0.39, 0.29) is 0 Å². The van der Waals surface area contributed by atoms with E-state index in [1.165, 1.54) is 0 Å². The van der Waals surface area contributed by atoms with Crippen molar-refractivity contribution in [2.45, 2.75) is 91.6 Å². The summed E-state index contributed by atoms with van der Waals surface area (Å²) in [7, 11) is 1.35. The number of aryl methyl sites for hydroxylation is 2. The van der Waals surface area contributed by atoms with Gasteiger partial charge in [0.2, 0.25) is 0 Å². The standard InChI is InChI=1S/C24H35B2O4/c1-15-11-14-18-17(19(15)25-28-22(5,6)21(3,4)27)13-12-16(2)20(18)26-29-23(7,8)24(9,10)30-26/h11-14,27H,1-10H3. The first-order valence-electron chi connectivity index (χ1n) is 10.7. The first-order chi connectivity index (χ1) is 13.6. The van der Waals surface area contributed by atoms with E-state index < -0.39 is 29.5 Å². The van der Waals surface area contributed by atoms with Gasteiger partial charge in [-0.05, 0) is 90.9 Å². The third kappa shape index (κ3) is 3.95. The number of benzene rings is 2. The highest BCUT2D eigenvalue weighted by molar-refractivity contribution is 6.66. The second kappa shape index (κ2) is 7.37. The summed E-state index contributed by atoms with van der Waals surface area (Å²) in [4.78, 5) is 0. The number of fused-ring (bicyclic) bond motifs is 1. The Morgan fingerprint density at radius 3 is 1.90 bits per heavy atom. The molecule has 0 unspecified atom stereocenters. The van der Waals surface area contributed by atoms with E-state index in [0.29, 0.717) is 0 Å². The van der Waals surface area contributed by atoms with Crippen LogP contribution in [0, 0.1) is 13.8 Å². The fourth-order valence-corrected chi connectivity index (χ4v) is 3.45. The molecule has 1 radical (unpaired) electrons. The van der Waals surface area contributed by atoms with Gasteiger partial charge < -0.3 is 19.1 Å². The predicted molar refractivity (Wildman–Crippen MR) is 126 cm³/mol. The molecule has 0 amide bonds. The van der Waals surface area contributed by atoms with Gasteiger partial charge in [0, 0.05) is 0 Å². The van der Waals surface area contributed by atoms with Gasteiger partial charge in [-0.15, -0.1) is 0 Å². The zero-order valence-electron chi connectivity index (χ0n) is 20.1. The van der Waals surface area contributed by atoms with Gasteiger partial charge in [0.1, 0.15) is 0 Å². The van der Waals surface area contributed by atoms with Gasteiger partial charge in [-0.1, -0.05) is 35.4 Å². The van der Waals surface area contributed by atoms with Crippen LogP contribution in [0.1, 0.15) is 66.5 Å². The molecule has 1 aliphatic heterocycles. The highest BCUT2D eigenvalue weighted by Gasteiger charge is 2.52. The van der Waals surface area contributed by atoms with E-state index >= 15 is 0 Å². The van der Waals surface area contributed by atoms with Crippen molar-refractivity contribution < 1.29 is 19.1 Å². The third-order valence-corrected chi connectivity index (χ3v) is 7.15. The van der Waals surface area contributed by atoms with Crippen molar-refractivity contribution in [1.82, 2.24) is 0 Å². The molecule has 2 aromatic rings. The number of hydrogen-bond donors (Lipinski definition) is 1. The molecule has 1 aliphatic rings. The van der Waals surface area contributed by atoms with E-state index in [2.05, 4.69) is 65.8 Å². The first kappa shape index (κ1) is 23.3. The monoisotopic (exact) mass is 409 g/mol. The predicted octanol–water partition coefficient (Wildman–Crippen LogP) is 3.57. The lowest BCUT2D eigenvalue weighted by molar-refractivity contribution is -0.0893. The summed E-state index contributed by atoms with van der Waals surface area (Å²) in [6.45, 7) is 19.8. The summed E-state index contributed by atoms with van der Waals surface area (Å²) in [6, 6.07) is 8.47. The molecule has 4 nitrogen and oxygen atoms in total. The molecule has 1 saturated heterocycles.